The van der Waals surface area contributed by atoms with Crippen molar-refractivity contribution in [2.45, 2.75) is 51.2 Å². The molecule has 2 amide bonds. The van der Waals surface area contributed by atoms with Gasteiger partial charge in [0.05, 0.1) is 35.2 Å². The Labute approximate surface area is 280 Å². The third-order valence-electron chi connectivity index (χ3n) is 9.51. The molecule has 2 saturated heterocycles. The van der Waals surface area contributed by atoms with Crippen molar-refractivity contribution >= 4 is 40.8 Å². The molecule has 3 aliphatic rings. The molecule has 0 aromatic heterocycles. The third-order valence-corrected chi connectivity index (χ3v) is 10.3. The van der Waals surface area contributed by atoms with Gasteiger partial charge in [-0.25, -0.2) is 0 Å². The Morgan fingerprint density at radius 2 is 1.65 bits per heavy atom. The lowest BCUT2D eigenvalue weighted by Gasteiger charge is -2.44. The van der Waals surface area contributed by atoms with E-state index in [9.17, 15) is 14.4 Å². The number of Topliss-reactive ketones (excluding diaryl/α,β-unsaturated/α-hetero) is 1. The van der Waals surface area contributed by atoms with Crippen LogP contribution in [-0.4, -0.2) is 84.3 Å². The summed E-state index contributed by atoms with van der Waals surface area (Å²) in [5, 5.41) is 0.932. The number of aryl methyl sites for hydroxylation is 2. The van der Waals surface area contributed by atoms with E-state index in [1.165, 1.54) is 0 Å². The minimum Gasteiger partial charge on any atom is -0.497 e. The fraction of sp³-hybridized carbons (Fsp3) is 0.417. The number of ketones is 1. The molecule has 2 fully saturated rings. The van der Waals surface area contributed by atoms with Crippen molar-refractivity contribution in [1.82, 2.24) is 14.7 Å². The molecule has 0 bridgehead atoms. The van der Waals surface area contributed by atoms with Gasteiger partial charge in [-0.1, -0.05) is 46.5 Å². The van der Waals surface area contributed by atoms with Crippen LogP contribution in [0.1, 0.15) is 69.1 Å². The molecule has 3 aromatic rings. The number of amides is 2. The summed E-state index contributed by atoms with van der Waals surface area (Å²) in [7, 11) is 1.58. The van der Waals surface area contributed by atoms with Crippen LogP contribution in [0.4, 0.5) is 0 Å². The highest BCUT2D eigenvalue weighted by molar-refractivity contribution is 6.42. The topological polar surface area (TPSA) is 79.4 Å². The highest BCUT2D eigenvalue weighted by Crippen LogP contribution is 2.41. The van der Waals surface area contributed by atoms with Gasteiger partial charge in [0.2, 0.25) is 5.91 Å². The monoisotopic (exact) mass is 663 g/mol. The van der Waals surface area contributed by atoms with E-state index in [4.69, 9.17) is 32.7 Å². The molecule has 0 radical (unpaired) electrons. The van der Waals surface area contributed by atoms with Crippen molar-refractivity contribution in [3.8, 4) is 11.5 Å². The number of benzene rings is 3. The largest absolute Gasteiger partial charge is 0.497 e. The molecule has 3 aliphatic heterocycles. The molecule has 10 heteroatoms. The Kier molecular flexibility index (Phi) is 9.33. The summed E-state index contributed by atoms with van der Waals surface area (Å²) in [5.41, 5.74) is 3.71. The van der Waals surface area contributed by atoms with Gasteiger partial charge in [0.25, 0.3) is 5.91 Å². The number of nitrogens with zero attached hydrogens (tertiary/aromatic N) is 3. The van der Waals surface area contributed by atoms with Crippen LogP contribution in [0.5, 0.6) is 11.5 Å². The molecule has 46 heavy (non-hydrogen) atoms. The summed E-state index contributed by atoms with van der Waals surface area (Å²) in [6.07, 6.45) is 1.84. The SMILES string of the molecule is COc1ccc2c(c1)C(=O)CC1(CCN(C(=O)CCN3CCN(C(=O)c4cc(C)cc(C)c4)CC3c3ccc(Cl)c(Cl)c3)CC1)O2. The first-order chi connectivity index (χ1) is 22.0. The average molecular weight is 665 g/mol. The second-order valence-corrected chi connectivity index (χ2v) is 13.5. The molecule has 1 unspecified atom stereocenters. The summed E-state index contributed by atoms with van der Waals surface area (Å²) in [4.78, 5) is 46.1. The zero-order valence-electron chi connectivity index (χ0n) is 26.5. The molecule has 6 rings (SSSR count). The van der Waals surface area contributed by atoms with Crippen LogP contribution in [-0.2, 0) is 4.79 Å². The van der Waals surface area contributed by atoms with Gasteiger partial charge >= 0.3 is 0 Å². The predicted octanol–water partition coefficient (Wildman–Crippen LogP) is 6.53. The molecule has 1 spiro atoms. The van der Waals surface area contributed by atoms with E-state index in [1.807, 2.05) is 47.9 Å². The number of carbonyl (C=O) groups excluding carboxylic acids is 3. The van der Waals surface area contributed by atoms with Crippen LogP contribution in [0.25, 0.3) is 0 Å². The van der Waals surface area contributed by atoms with Gasteiger partial charge in [0, 0.05) is 64.1 Å². The van der Waals surface area contributed by atoms with Crippen molar-refractivity contribution in [3.63, 3.8) is 0 Å². The number of halogens is 2. The summed E-state index contributed by atoms with van der Waals surface area (Å²) in [6.45, 7) is 7.26. The fourth-order valence-corrected chi connectivity index (χ4v) is 7.34. The highest BCUT2D eigenvalue weighted by Gasteiger charge is 2.44. The number of hydrogen-bond donors (Lipinski definition) is 0. The van der Waals surface area contributed by atoms with Crippen molar-refractivity contribution in [3.05, 3.63) is 92.5 Å². The number of piperidine rings is 1. The second-order valence-electron chi connectivity index (χ2n) is 12.7. The third kappa shape index (κ3) is 6.75. The molecule has 0 aliphatic carbocycles. The van der Waals surface area contributed by atoms with Crippen molar-refractivity contribution in [2.75, 3.05) is 46.4 Å². The molecule has 242 valence electrons. The number of likely N-dealkylation sites (tertiary alicyclic amines) is 1. The zero-order valence-corrected chi connectivity index (χ0v) is 28.0. The molecule has 3 heterocycles. The lowest BCUT2D eigenvalue weighted by molar-refractivity contribution is -0.135. The molecule has 8 nitrogen and oxygen atoms in total. The van der Waals surface area contributed by atoms with Crippen LogP contribution in [0, 0.1) is 13.8 Å². The molecular weight excluding hydrogens is 625 g/mol. The van der Waals surface area contributed by atoms with Crippen molar-refractivity contribution < 1.29 is 23.9 Å². The van der Waals surface area contributed by atoms with Gasteiger partial charge in [0.1, 0.15) is 17.1 Å². The second kappa shape index (κ2) is 13.3. The number of fused-ring (bicyclic) bond motifs is 1. The average Bonchev–Trinajstić information content (AvgIpc) is 3.04. The lowest BCUT2D eigenvalue weighted by atomic mass is 9.82. The van der Waals surface area contributed by atoms with E-state index >= 15 is 0 Å². The smallest absolute Gasteiger partial charge is 0.253 e. The molecule has 0 saturated carbocycles. The minimum absolute atomic E-state index is 0.00000635. The fourth-order valence-electron chi connectivity index (χ4n) is 7.03. The maximum Gasteiger partial charge on any atom is 0.253 e. The van der Waals surface area contributed by atoms with Crippen LogP contribution < -0.4 is 9.47 Å². The summed E-state index contributed by atoms with van der Waals surface area (Å²) >= 11 is 12.7. The van der Waals surface area contributed by atoms with E-state index in [1.54, 1.807) is 31.4 Å². The number of carbonyl (C=O) groups is 3. The Morgan fingerprint density at radius 1 is 0.913 bits per heavy atom. The Morgan fingerprint density at radius 3 is 2.35 bits per heavy atom. The Hall–Kier alpha value is -3.59. The molecule has 0 N–H and O–H groups in total. The maximum atomic E-state index is 13.6. The summed E-state index contributed by atoms with van der Waals surface area (Å²) in [5.74, 6) is 1.33. The first-order valence-corrected chi connectivity index (χ1v) is 16.5. The van der Waals surface area contributed by atoms with E-state index in [0.29, 0.717) is 97.6 Å². The first kappa shape index (κ1) is 32.4. The minimum atomic E-state index is -0.590. The highest BCUT2D eigenvalue weighted by atomic mass is 35.5. The Bertz CT molecular complexity index is 1650. The maximum absolute atomic E-state index is 13.6. The number of methoxy groups -OCH3 is 1. The zero-order chi connectivity index (χ0) is 32.6. The quantitative estimate of drug-likeness (QED) is 0.298. The van der Waals surface area contributed by atoms with Gasteiger partial charge in [-0.2, -0.15) is 0 Å². The van der Waals surface area contributed by atoms with E-state index < -0.39 is 5.60 Å². The van der Waals surface area contributed by atoms with E-state index in [0.717, 1.165) is 16.7 Å². The van der Waals surface area contributed by atoms with E-state index in [-0.39, 0.29) is 23.6 Å². The number of ether oxygens (including phenoxy) is 2. The standard InChI is InChI=1S/C36H39Cl2N3O5/c1-23-16-24(2)18-26(17-23)35(44)41-15-14-39(31(22-41)25-4-6-29(37)30(38)19-25)11-8-34(43)40-12-9-36(10-13-40)21-32(42)28-20-27(45-3)5-7-33(28)46-36/h4-7,16-20,31H,8-15,21-22H2,1-3H3. The van der Waals surface area contributed by atoms with Gasteiger partial charge < -0.3 is 19.3 Å². The van der Waals surface area contributed by atoms with Gasteiger partial charge in [-0.3, -0.25) is 19.3 Å². The van der Waals surface area contributed by atoms with Crippen LogP contribution in [0.15, 0.2) is 54.6 Å². The van der Waals surface area contributed by atoms with E-state index in [2.05, 4.69) is 11.0 Å². The van der Waals surface area contributed by atoms with Gasteiger partial charge in [-0.15, -0.1) is 0 Å². The molecule has 1 atom stereocenters. The Balaban J connectivity index is 1.10. The van der Waals surface area contributed by atoms with Crippen LogP contribution >= 0.6 is 23.2 Å². The van der Waals surface area contributed by atoms with Gasteiger partial charge in [0.15, 0.2) is 5.78 Å². The summed E-state index contributed by atoms with van der Waals surface area (Å²) < 4.78 is 11.7. The summed E-state index contributed by atoms with van der Waals surface area (Å²) in [6, 6.07) is 16.7. The molecule has 3 aromatic carbocycles. The first-order valence-electron chi connectivity index (χ1n) is 15.8. The lowest BCUT2D eigenvalue weighted by Crippen LogP contribution is -2.53. The van der Waals surface area contributed by atoms with Crippen molar-refractivity contribution in [2.24, 2.45) is 0 Å². The molecular formula is C36H39Cl2N3O5. The predicted molar refractivity (Wildman–Crippen MR) is 178 cm³/mol. The number of rotatable bonds is 6. The number of hydrogen-bond acceptors (Lipinski definition) is 6. The number of piperazine rings is 1. The normalized spacial score (nSPS) is 19.5. The van der Waals surface area contributed by atoms with Crippen LogP contribution in [0.2, 0.25) is 10.0 Å². The van der Waals surface area contributed by atoms with Crippen LogP contribution in [0.3, 0.4) is 0 Å². The van der Waals surface area contributed by atoms with Gasteiger partial charge in [-0.05, 0) is 61.9 Å². The van der Waals surface area contributed by atoms with Crippen molar-refractivity contribution in [1.29, 1.82) is 0 Å².